The molecule has 1 aromatic heterocycles. The standard InChI is InChI=1S/C29H26F2N4O3/c1-29(2,37)18-8-6-17(7-9-18)20-11-16(15-32)12-21-25(20)34-27(24-5-4-10-33-24)35(28(21)36)19-13-22(30)26(38-3)23(31)14-19/h6-9,11-14,24,33,37H,4-5,10H2,1-3H3. The van der Waals surface area contributed by atoms with Crippen molar-refractivity contribution in [1.29, 1.82) is 5.26 Å². The van der Waals surface area contributed by atoms with Crippen molar-refractivity contribution < 1.29 is 18.6 Å². The quantitative estimate of drug-likeness (QED) is 0.393. The molecule has 7 nitrogen and oxygen atoms in total. The number of rotatable bonds is 5. The van der Waals surface area contributed by atoms with E-state index < -0.39 is 28.5 Å². The number of hydrogen-bond acceptors (Lipinski definition) is 6. The highest BCUT2D eigenvalue weighted by molar-refractivity contribution is 5.94. The van der Waals surface area contributed by atoms with Crippen LogP contribution in [0.3, 0.4) is 0 Å². The summed E-state index contributed by atoms with van der Waals surface area (Å²) in [5.41, 5.74) is 0.982. The molecule has 194 valence electrons. The lowest BCUT2D eigenvalue weighted by Gasteiger charge is -2.20. The molecular weight excluding hydrogens is 490 g/mol. The number of halogens is 2. The fourth-order valence-electron chi connectivity index (χ4n) is 4.91. The number of nitrogens with one attached hydrogen (secondary N) is 1. The molecule has 0 aliphatic carbocycles. The SMILES string of the molecule is COc1c(F)cc(-n2c(C3CCCN3)nc3c(-c4ccc(C(C)(C)O)cc4)cc(C#N)cc3c2=O)cc1F. The molecule has 1 aliphatic heterocycles. The van der Waals surface area contributed by atoms with Gasteiger partial charge in [0.25, 0.3) is 5.56 Å². The van der Waals surface area contributed by atoms with Crippen LogP contribution in [0.25, 0.3) is 27.7 Å². The van der Waals surface area contributed by atoms with E-state index in [-0.39, 0.29) is 22.7 Å². The first-order valence-electron chi connectivity index (χ1n) is 12.2. The van der Waals surface area contributed by atoms with Gasteiger partial charge in [0, 0.05) is 17.7 Å². The van der Waals surface area contributed by atoms with Crippen molar-refractivity contribution >= 4 is 10.9 Å². The van der Waals surface area contributed by atoms with Crippen LogP contribution in [0.15, 0.2) is 53.3 Å². The van der Waals surface area contributed by atoms with Gasteiger partial charge in [-0.25, -0.2) is 13.8 Å². The summed E-state index contributed by atoms with van der Waals surface area (Å²) >= 11 is 0. The third-order valence-electron chi connectivity index (χ3n) is 6.85. The van der Waals surface area contributed by atoms with E-state index >= 15 is 0 Å². The molecule has 0 spiro atoms. The van der Waals surface area contributed by atoms with Crippen LogP contribution in [-0.4, -0.2) is 28.3 Å². The van der Waals surface area contributed by atoms with Crippen LogP contribution in [0, 0.1) is 23.0 Å². The van der Waals surface area contributed by atoms with Gasteiger partial charge in [0.05, 0.1) is 47.0 Å². The molecule has 38 heavy (non-hydrogen) atoms. The third kappa shape index (κ3) is 4.42. The van der Waals surface area contributed by atoms with Crippen molar-refractivity contribution in [3.05, 3.63) is 87.5 Å². The van der Waals surface area contributed by atoms with Gasteiger partial charge in [0.2, 0.25) is 0 Å². The van der Waals surface area contributed by atoms with E-state index in [2.05, 4.69) is 11.4 Å². The molecule has 0 amide bonds. The molecule has 1 atom stereocenters. The van der Waals surface area contributed by atoms with Crippen LogP contribution in [0.1, 0.15) is 49.7 Å². The number of aliphatic hydroxyl groups is 1. The average Bonchev–Trinajstić information content (AvgIpc) is 3.42. The minimum Gasteiger partial charge on any atom is -0.491 e. The Bertz CT molecular complexity index is 1620. The maximum absolute atomic E-state index is 14.7. The number of methoxy groups -OCH3 is 1. The second-order valence-electron chi connectivity index (χ2n) is 9.87. The van der Waals surface area contributed by atoms with E-state index in [1.54, 1.807) is 44.2 Å². The van der Waals surface area contributed by atoms with Gasteiger partial charge in [-0.2, -0.15) is 5.26 Å². The Kier molecular flexibility index (Phi) is 6.47. The van der Waals surface area contributed by atoms with Gasteiger partial charge < -0.3 is 15.2 Å². The molecule has 5 rings (SSSR count). The van der Waals surface area contributed by atoms with Crippen molar-refractivity contribution in [2.24, 2.45) is 0 Å². The molecule has 2 heterocycles. The van der Waals surface area contributed by atoms with E-state index in [4.69, 9.17) is 9.72 Å². The first-order chi connectivity index (χ1) is 18.1. The van der Waals surface area contributed by atoms with Crippen LogP contribution < -0.4 is 15.6 Å². The normalized spacial score (nSPS) is 15.6. The molecule has 3 aromatic carbocycles. The first kappa shape index (κ1) is 25.5. The number of aromatic nitrogens is 2. The first-order valence-corrected chi connectivity index (χ1v) is 12.2. The maximum Gasteiger partial charge on any atom is 0.266 e. The Labute approximate surface area is 217 Å². The molecular formula is C29H26F2N4O3. The number of hydrogen-bond donors (Lipinski definition) is 2. The molecule has 0 saturated carbocycles. The maximum atomic E-state index is 14.7. The van der Waals surface area contributed by atoms with Gasteiger partial charge in [-0.3, -0.25) is 9.36 Å². The second-order valence-corrected chi connectivity index (χ2v) is 9.87. The molecule has 0 radical (unpaired) electrons. The van der Waals surface area contributed by atoms with Gasteiger partial charge in [-0.1, -0.05) is 24.3 Å². The zero-order valence-corrected chi connectivity index (χ0v) is 21.2. The lowest BCUT2D eigenvalue weighted by molar-refractivity contribution is 0.0786. The number of fused-ring (bicyclic) bond motifs is 1. The van der Waals surface area contributed by atoms with Gasteiger partial charge in [0.1, 0.15) is 5.82 Å². The minimum atomic E-state index is -1.04. The lowest BCUT2D eigenvalue weighted by atomic mass is 9.94. The topological polar surface area (TPSA) is 100 Å². The highest BCUT2D eigenvalue weighted by Gasteiger charge is 2.27. The predicted octanol–water partition coefficient (Wildman–Crippen LogP) is 4.86. The lowest BCUT2D eigenvalue weighted by Crippen LogP contribution is -2.29. The average molecular weight is 517 g/mol. The Hall–Kier alpha value is -4.13. The number of ether oxygens (including phenoxy) is 1. The van der Waals surface area contributed by atoms with Crippen LogP contribution in [0.4, 0.5) is 8.78 Å². The van der Waals surface area contributed by atoms with Crippen molar-refractivity contribution in [1.82, 2.24) is 14.9 Å². The fourth-order valence-corrected chi connectivity index (χ4v) is 4.91. The number of benzene rings is 3. The highest BCUT2D eigenvalue weighted by atomic mass is 19.1. The molecule has 1 saturated heterocycles. The Morgan fingerprint density at radius 2 is 1.84 bits per heavy atom. The fraction of sp³-hybridized carbons (Fsp3) is 0.276. The van der Waals surface area contributed by atoms with E-state index in [0.29, 0.717) is 41.0 Å². The number of nitrogens with zero attached hydrogens (tertiary/aromatic N) is 3. The predicted molar refractivity (Wildman–Crippen MR) is 139 cm³/mol. The summed E-state index contributed by atoms with van der Waals surface area (Å²) in [5, 5.41) is 23.5. The zero-order chi connectivity index (χ0) is 27.2. The van der Waals surface area contributed by atoms with E-state index in [0.717, 1.165) is 25.7 Å². The summed E-state index contributed by atoms with van der Waals surface area (Å²) in [5.74, 6) is -2.11. The molecule has 1 unspecified atom stereocenters. The van der Waals surface area contributed by atoms with Gasteiger partial charge in [0.15, 0.2) is 17.4 Å². The summed E-state index contributed by atoms with van der Waals surface area (Å²) in [6, 6.07) is 14.1. The van der Waals surface area contributed by atoms with Gasteiger partial charge in [-0.05, 0) is 56.5 Å². The molecule has 9 heteroatoms. The van der Waals surface area contributed by atoms with Crippen LogP contribution in [-0.2, 0) is 5.60 Å². The zero-order valence-electron chi connectivity index (χ0n) is 21.2. The van der Waals surface area contributed by atoms with Crippen molar-refractivity contribution in [3.8, 4) is 28.6 Å². The molecule has 1 fully saturated rings. The summed E-state index contributed by atoms with van der Waals surface area (Å²) in [6.45, 7) is 4.08. The van der Waals surface area contributed by atoms with Gasteiger partial charge >= 0.3 is 0 Å². The smallest absolute Gasteiger partial charge is 0.266 e. The van der Waals surface area contributed by atoms with Crippen LogP contribution in [0.2, 0.25) is 0 Å². The molecule has 4 aromatic rings. The van der Waals surface area contributed by atoms with E-state index in [1.165, 1.54) is 10.6 Å². The summed E-state index contributed by atoms with van der Waals surface area (Å²) in [6.07, 6.45) is 1.54. The van der Waals surface area contributed by atoms with Crippen molar-refractivity contribution in [3.63, 3.8) is 0 Å². The third-order valence-corrected chi connectivity index (χ3v) is 6.85. The molecule has 1 aliphatic rings. The van der Waals surface area contributed by atoms with Crippen molar-refractivity contribution in [2.45, 2.75) is 38.3 Å². The number of nitriles is 1. The monoisotopic (exact) mass is 516 g/mol. The van der Waals surface area contributed by atoms with Crippen molar-refractivity contribution in [2.75, 3.05) is 13.7 Å². The largest absolute Gasteiger partial charge is 0.491 e. The van der Waals surface area contributed by atoms with Crippen LogP contribution in [0.5, 0.6) is 5.75 Å². The Balaban J connectivity index is 1.82. The summed E-state index contributed by atoms with van der Waals surface area (Å²) in [7, 11) is 1.16. The second kappa shape index (κ2) is 9.63. The Morgan fingerprint density at radius 1 is 1.16 bits per heavy atom. The Morgan fingerprint density at radius 3 is 2.39 bits per heavy atom. The molecule has 2 N–H and O–H groups in total. The summed E-state index contributed by atoms with van der Waals surface area (Å²) in [4.78, 5) is 18.9. The van der Waals surface area contributed by atoms with Gasteiger partial charge in [-0.15, -0.1) is 0 Å². The van der Waals surface area contributed by atoms with Crippen LogP contribution >= 0.6 is 0 Å². The molecule has 0 bridgehead atoms. The van der Waals surface area contributed by atoms with E-state index in [1.807, 2.05) is 0 Å². The van der Waals surface area contributed by atoms with E-state index in [9.17, 15) is 23.9 Å². The summed E-state index contributed by atoms with van der Waals surface area (Å²) < 4.78 is 35.4. The highest BCUT2D eigenvalue weighted by Crippen LogP contribution is 2.33. The minimum absolute atomic E-state index is 0.0256.